The van der Waals surface area contributed by atoms with Gasteiger partial charge in [-0.1, -0.05) is 42.3 Å². The van der Waals surface area contributed by atoms with Gasteiger partial charge in [0.05, 0.1) is 13.2 Å². The van der Waals surface area contributed by atoms with Gasteiger partial charge in [0.2, 0.25) is 5.91 Å². The van der Waals surface area contributed by atoms with Crippen LogP contribution in [0.3, 0.4) is 0 Å². The highest BCUT2D eigenvalue weighted by molar-refractivity contribution is 6.25. The molecule has 1 heterocycles. The number of rotatable bonds is 15. The zero-order valence-corrected chi connectivity index (χ0v) is 21.3. The third kappa shape index (κ3) is 11.4. The number of methoxy groups -OCH3 is 1. The van der Waals surface area contributed by atoms with Gasteiger partial charge >= 0.3 is 0 Å². The van der Waals surface area contributed by atoms with E-state index >= 15 is 0 Å². The number of nitrogens with one attached hydrogen (secondary N) is 1. The van der Waals surface area contributed by atoms with Crippen LogP contribution in [0.2, 0.25) is 0 Å². The molecule has 1 aliphatic rings. The first kappa shape index (κ1) is 29.3. The van der Waals surface area contributed by atoms with Gasteiger partial charge in [-0.3, -0.25) is 19.3 Å². The molecule has 1 rings (SSSR count). The first-order valence-electron chi connectivity index (χ1n) is 11.8. The molecule has 7 heteroatoms. The van der Waals surface area contributed by atoms with Crippen LogP contribution in [0.25, 0.3) is 0 Å². The number of carbonyl (C=O) groups is 3. The van der Waals surface area contributed by atoms with Crippen molar-refractivity contribution in [3.8, 4) is 12.3 Å². The molecule has 1 aliphatic heterocycles. The average molecular weight is 489 g/mol. The van der Waals surface area contributed by atoms with Crippen LogP contribution in [0.4, 0.5) is 0 Å². The highest BCUT2D eigenvalue weighted by atomic mass is 35.5. The molecule has 0 aromatic heterocycles. The zero-order valence-electron chi connectivity index (χ0n) is 20.5. The van der Waals surface area contributed by atoms with Crippen LogP contribution < -0.4 is 5.32 Å². The number of hydrogen-bond donors (Lipinski definition) is 1. The second kappa shape index (κ2) is 16.8. The highest BCUT2D eigenvalue weighted by Crippen LogP contribution is 2.19. The minimum atomic E-state index is -0.425. The Bertz CT molecular complexity index is 851. The van der Waals surface area contributed by atoms with Gasteiger partial charge in [0.25, 0.3) is 11.8 Å². The molecule has 1 unspecified atom stereocenters. The number of halogens is 1. The number of imide groups is 1. The van der Waals surface area contributed by atoms with Crippen LogP contribution in [-0.4, -0.2) is 42.3 Å². The zero-order chi connectivity index (χ0) is 25.3. The fourth-order valence-corrected chi connectivity index (χ4v) is 3.67. The van der Waals surface area contributed by atoms with E-state index in [-0.39, 0.29) is 17.9 Å². The molecule has 0 aliphatic carbocycles. The monoisotopic (exact) mass is 488 g/mol. The summed E-state index contributed by atoms with van der Waals surface area (Å²) >= 11 is 5.91. The summed E-state index contributed by atoms with van der Waals surface area (Å²) in [5.74, 6) is 2.63. The van der Waals surface area contributed by atoms with Gasteiger partial charge in [-0.2, -0.15) is 0 Å². The molecule has 0 spiro atoms. The Balaban J connectivity index is 2.28. The van der Waals surface area contributed by atoms with E-state index in [9.17, 15) is 14.4 Å². The Morgan fingerprint density at radius 2 is 2.09 bits per heavy atom. The Labute approximate surface area is 209 Å². The average Bonchev–Trinajstić information content (AvgIpc) is 3.16. The molecule has 3 amide bonds. The van der Waals surface area contributed by atoms with Gasteiger partial charge < -0.3 is 10.1 Å². The fraction of sp³-hybridized carbons (Fsp3) is 0.519. The van der Waals surface area contributed by atoms with E-state index in [2.05, 4.69) is 24.2 Å². The highest BCUT2D eigenvalue weighted by Gasteiger charge is 2.27. The topological polar surface area (TPSA) is 75.7 Å². The first-order valence-corrected chi connectivity index (χ1v) is 12.2. The molecule has 0 radical (unpaired) electrons. The van der Waals surface area contributed by atoms with Crippen LogP contribution in [0.5, 0.6) is 0 Å². The van der Waals surface area contributed by atoms with E-state index in [1.807, 2.05) is 6.08 Å². The minimum Gasteiger partial charge on any atom is -0.501 e. The van der Waals surface area contributed by atoms with Crippen LogP contribution >= 0.6 is 11.6 Å². The van der Waals surface area contributed by atoms with Crippen molar-refractivity contribution >= 4 is 29.3 Å². The van der Waals surface area contributed by atoms with E-state index in [0.29, 0.717) is 37.5 Å². The van der Waals surface area contributed by atoms with E-state index in [1.165, 1.54) is 24.8 Å². The molecule has 1 N–H and O–H groups in total. The summed E-state index contributed by atoms with van der Waals surface area (Å²) in [6.45, 7) is 4.27. The molecule has 2 atom stereocenters. The second-order valence-corrected chi connectivity index (χ2v) is 8.59. The van der Waals surface area contributed by atoms with Crippen molar-refractivity contribution in [2.45, 2.75) is 71.3 Å². The maximum Gasteiger partial charge on any atom is 0.257 e. The summed E-state index contributed by atoms with van der Waals surface area (Å²) in [6, 6.07) is -0.275. The summed E-state index contributed by atoms with van der Waals surface area (Å²) in [6.07, 6.45) is 19.8. The van der Waals surface area contributed by atoms with Crippen LogP contribution in [-0.2, 0) is 19.1 Å². The molecule has 0 bridgehead atoms. The largest absolute Gasteiger partial charge is 0.501 e. The number of allylic oxidation sites excluding steroid dienone is 3. The van der Waals surface area contributed by atoms with Crippen LogP contribution in [0.15, 0.2) is 47.2 Å². The maximum absolute atomic E-state index is 12.3. The third-order valence-corrected chi connectivity index (χ3v) is 5.85. The SMILES string of the molecule is C#CCCC/C(=C/Cl)CCC(C)/C=C/CCC(=O)NCC/C(=C\C(=O)N1C(=O)C=C[C@@H]1C)OC. The summed E-state index contributed by atoms with van der Waals surface area (Å²) in [4.78, 5) is 37.3. The van der Waals surface area contributed by atoms with Crippen molar-refractivity contribution in [2.75, 3.05) is 13.7 Å². The number of amides is 3. The number of unbranched alkanes of at least 4 members (excludes halogenated alkanes) is 1. The van der Waals surface area contributed by atoms with Gasteiger partial charge in [0.15, 0.2) is 0 Å². The van der Waals surface area contributed by atoms with Crippen molar-refractivity contribution in [1.82, 2.24) is 10.2 Å². The molecule has 6 nitrogen and oxygen atoms in total. The van der Waals surface area contributed by atoms with E-state index in [1.54, 1.807) is 18.5 Å². The van der Waals surface area contributed by atoms with Crippen molar-refractivity contribution in [2.24, 2.45) is 5.92 Å². The number of hydrogen-bond acceptors (Lipinski definition) is 4. The number of nitrogens with zero attached hydrogens (tertiary/aromatic N) is 1. The van der Waals surface area contributed by atoms with E-state index in [4.69, 9.17) is 22.8 Å². The molecule has 34 heavy (non-hydrogen) atoms. The van der Waals surface area contributed by atoms with Crippen molar-refractivity contribution in [3.63, 3.8) is 0 Å². The van der Waals surface area contributed by atoms with Crippen molar-refractivity contribution in [3.05, 3.63) is 47.2 Å². The summed E-state index contributed by atoms with van der Waals surface area (Å²) in [7, 11) is 1.46. The number of terminal acetylenes is 1. The van der Waals surface area contributed by atoms with E-state index in [0.717, 1.165) is 37.0 Å². The lowest BCUT2D eigenvalue weighted by Crippen LogP contribution is -2.37. The Morgan fingerprint density at radius 1 is 1.32 bits per heavy atom. The quantitative estimate of drug-likeness (QED) is 0.115. The standard InChI is InChI=1S/C27H37ClN2O4/c1-5-6-7-11-23(20-28)15-13-21(2)10-8-9-12-25(31)29-18-17-24(34-4)19-27(33)30-22(3)14-16-26(30)32/h1,8,10,14,16,19-22H,6-7,9,11-13,15,17-18H2,2-4H3,(H,29,31)/b10-8+,23-20-,24-19+/t21?,22-/m0/s1. The number of ether oxygens (including phenoxy) is 1. The summed E-state index contributed by atoms with van der Waals surface area (Å²) in [5, 5.41) is 2.83. The Morgan fingerprint density at radius 3 is 2.71 bits per heavy atom. The van der Waals surface area contributed by atoms with E-state index < -0.39 is 5.91 Å². The van der Waals surface area contributed by atoms with Gasteiger partial charge in [-0.15, -0.1) is 12.3 Å². The van der Waals surface area contributed by atoms with Gasteiger partial charge in [0.1, 0.15) is 5.76 Å². The third-order valence-electron chi connectivity index (χ3n) is 5.54. The van der Waals surface area contributed by atoms with Crippen LogP contribution in [0.1, 0.15) is 65.2 Å². The smallest absolute Gasteiger partial charge is 0.257 e. The second-order valence-electron chi connectivity index (χ2n) is 8.37. The summed E-state index contributed by atoms with van der Waals surface area (Å²) in [5.41, 5.74) is 2.89. The van der Waals surface area contributed by atoms with Gasteiger partial charge in [-0.05, 0) is 44.9 Å². The lowest BCUT2D eigenvalue weighted by molar-refractivity contribution is -0.139. The first-order chi connectivity index (χ1) is 16.3. The molecule has 186 valence electrons. The molecule has 0 aromatic carbocycles. The molecule has 0 fully saturated rings. The van der Waals surface area contributed by atoms with Crippen molar-refractivity contribution in [1.29, 1.82) is 0 Å². The summed E-state index contributed by atoms with van der Waals surface area (Å²) < 4.78 is 5.23. The molecular formula is C27H37ClN2O4. The molecule has 0 aromatic rings. The molecular weight excluding hydrogens is 452 g/mol. The maximum atomic E-state index is 12.3. The van der Waals surface area contributed by atoms with Crippen molar-refractivity contribution < 1.29 is 19.1 Å². The molecule has 0 saturated carbocycles. The number of carbonyl (C=O) groups excluding carboxylic acids is 3. The van der Waals surface area contributed by atoms with Gasteiger partial charge in [0, 0.05) is 43.5 Å². The molecule has 0 saturated heterocycles. The predicted molar refractivity (Wildman–Crippen MR) is 137 cm³/mol. The normalized spacial score (nSPS) is 17.2. The minimum absolute atomic E-state index is 0.0625. The lowest BCUT2D eigenvalue weighted by Gasteiger charge is -2.18. The predicted octanol–water partition coefficient (Wildman–Crippen LogP) is 5.02. The fourth-order valence-electron chi connectivity index (χ4n) is 3.46. The van der Waals surface area contributed by atoms with Crippen LogP contribution in [0, 0.1) is 18.3 Å². The van der Waals surface area contributed by atoms with Gasteiger partial charge in [-0.25, -0.2) is 0 Å². The lowest BCUT2D eigenvalue weighted by atomic mass is 9.98. The Hall–Kier alpha value is -2.78. The Kier molecular flexibility index (Phi) is 14.4.